The minimum Gasteiger partial charge on any atom is -0.388 e. The molecule has 1 aliphatic heterocycles. The Kier molecular flexibility index (Phi) is 2.84. The van der Waals surface area contributed by atoms with Crippen molar-refractivity contribution in [1.29, 1.82) is 0 Å². The largest absolute Gasteiger partial charge is 0.388 e. The lowest BCUT2D eigenvalue weighted by Crippen LogP contribution is -2.33. The SMILES string of the molecule is CC(C)O[C@@H]1OC[C@H](O)[C@H]1O. The zero-order valence-corrected chi connectivity index (χ0v) is 6.73. The van der Waals surface area contributed by atoms with E-state index in [9.17, 15) is 5.11 Å². The van der Waals surface area contributed by atoms with Gasteiger partial charge in [-0.3, -0.25) is 0 Å². The van der Waals surface area contributed by atoms with Crippen LogP contribution in [-0.2, 0) is 9.47 Å². The van der Waals surface area contributed by atoms with Gasteiger partial charge < -0.3 is 19.7 Å². The van der Waals surface area contributed by atoms with Crippen LogP contribution in [0.3, 0.4) is 0 Å². The first-order chi connectivity index (χ1) is 5.11. The van der Waals surface area contributed by atoms with Crippen molar-refractivity contribution in [3.8, 4) is 0 Å². The minimum atomic E-state index is -0.905. The van der Waals surface area contributed by atoms with Crippen LogP contribution in [0.25, 0.3) is 0 Å². The van der Waals surface area contributed by atoms with Gasteiger partial charge in [0, 0.05) is 0 Å². The second-order valence-electron chi connectivity index (χ2n) is 2.94. The van der Waals surface area contributed by atoms with E-state index in [1.807, 2.05) is 13.8 Å². The zero-order chi connectivity index (χ0) is 8.43. The molecule has 1 heterocycles. The van der Waals surface area contributed by atoms with Gasteiger partial charge >= 0.3 is 0 Å². The number of ether oxygens (including phenoxy) is 2. The number of hydrogen-bond acceptors (Lipinski definition) is 4. The molecule has 0 amide bonds. The van der Waals surface area contributed by atoms with Crippen molar-refractivity contribution < 1.29 is 19.7 Å². The van der Waals surface area contributed by atoms with Gasteiger partial charge in [-0.15, -0.1) is 0 Å². The van der Waals surface area contributed by atoms with E-state index in [1.165, 1.54) is 0 Å². The van der Waals surface area contributed by atoms with Crippen LogP contribution < -0.4 is 0 Å². The highest BCUT2D eigenvalue weighted by Crippen LogP contribution is 2.16. The molecule has 0 bridgehead atoms. The van der Waals surface area contributed by atoms with E-state index in [1.54, 1.807) is 0 Å². The number of aliphatic hydroxyl groups is 2. The molecule has 0 radical (unpaired) electrons. The highest BCUT2D eigenvalue weighted by Gasteiger charge is 2.35. The Morgan fingerprint density at radius 2 is 2.09 bits per heavy atom. The monoisotopic (exact) mass is 162 g/mol. The fourth-order valence-electron chi connectivity index (χ4n) is 0.960. The zero-order valence-electron chi connectivity index (χ0n) is 6.73. The molecule has 0 spiro atoms. The van der Waals surface area contributed by atoms with E-state index in [0.717, 1.165) is 0 Å². The molecule has 11 heavy (non-hydrogen) atoms. The minimum absolute atomic E-state index is 0.0000463. The quantitative estimate of drug-likeness (QED) is 0.574. The smallest absolute Gasteiger partial charge is 0.186 e. The Labute approximate surface area is 65.7 Å². The molecule has 0 aliphatic carbocycles. The first-order valence-electron chi connectivity index (χ1n) is 3.74. The van der Waals surface area contributed by atoms with Crippen LogP contribution in [0.1, 0.15) is 13.8 Å². The van der Waals surface area contributed by atoms with Gasteiger partial charge in [-0.25, -0.2) is 0 Å². The van der Waals surface area contributed by atoms with Crippen LogP contribution in [0, 0.1) is 0 Å². The van der Waals surface area contributed by atoms with Crippen molar-refractivity contribution in [3.05, 3.63) is 0 Å². The maximum Gasteiger partial charge on any atom is 0.186 e. The lowest BCUT2D eigenvalue weighted by Gasteiger charge is -2.17. The van der Waals surface area contributed by atoms with Crippen molar-refractivity contribution >= 4 is 0 Å². The molecule has 3 atom stereocenters. The van der Waals surface area contributed by atoms with Gasteiger partial charge in [0.05, 0.1) is 12.7 Å². The molecule has 1 saturated heterocycles. The molecular formula is C7H14O4. The summed E-state index contributed by atoms with van der Waals surface area (Å²) in [6.07, 6.45) is -2.37. The first-order valence-corrected chi connectivity index (χ1v) is 3.74. The van der Waals surface area contributed by atoms with Crippen molar-refractivity contribution in [1.82, 2.24) is 0 Å². The third kappa shape index (κ3) is 2.13. The van der Waals surface area contributed by atoms with Gasteiger partial charge in [0.1, 0.15) is 12.2 Å². The van der Waals surface area contributed by atoms with E-state index in [2.05, 4.69) is 0 Å². The number of hydrogen-bond donors (Lipinski definition) is 2. The Morgan fingerprint density at radius 1 is 1.45 bits per heavy atom. The first kappa shape index (κ1) is 8.93. The third-order valence-corrected chi connectivity index (χ3v) is 1.51. The third-order valence-electron chi connectivity index (χ3n) is 1.51. The maximum atomic E-state index is 9.21. The van der Waals surface area contributed by atoms with E-state index < -0.39 is 18.5 Å². The van der Waals surface area contributed by atoms with Crippen LogP contribution >= 0.6 is 0 Å². The molecule has 66 valence electrons. The summed E-state index contributed by atoms with van der Waals surface area (Å²) < 4.78 is 10.1. The van der Waals surface area contributed by atoms with Crippen molar-refractivity contribution in [2.75, 3.05) is 6.61 Å². The lowest BCUT2D eigenvalue weighted by molar-refractivity contribution is -0.172. The average molecular weight is 162 g/mol. The Balaban J connectivity index is 2.36. The van der Waals surface area contributed by atoms with E-state index >= 15 is 0 Å². The summed E-state index contributed by atoms with van der Waals surface area (Å²) in [6, 6.07) is 0. The molecule has 1 rings (SSSR count). The fourth-order valence-corrected chi connectivity index (χ4v) is 0.960. The number of aliphatic hydroxyl groups excluding tert-OH is 2. The van der Waals surface area contributed by atoms with Crippen LogP contribution in [0.15, 0.2) is 0 Å². The lowest BCUT2D eigenvalue weighted by atomic mass is 10.2. The van der Waals surface area contributed by atoms with Crippen molar-refractivity contribution in [2.24, 2.45) is 0 Å². The second-order valence-corrected chi connectivity index (χ2v) is 2.94. The summed E-state index contributed by atoms with van der Waals surface area (Å²) in [5.41, 5.74) is 0. The Hall–Kier alpha value is -0.160. The molecule has 0 saturated carbocycles. The predicted octanol–water partition coefficient (Wildman–Crippen LogP) is -0.510. The molecule has 4 heteroatoms. The summed E-state index contributed by atoms with van der Waals surface area (Å²) >= 11 is 0. The van der Waals surface area contributed by atoms with Gasteiger partial charge in [0.2, 0.25) is 0 Å². The molecule has 0 unspecified atom stereocenters. The Bertz CT molecular complexity index is 126. The standard InChI is InChI=1S/C7H14O4/c1-4(2)11-7-6(9)5(8)3-10-7/h4-9H,3H2,1-2H3/t5-,6+,7-/m0/s1. The predicted molar refractivity (Wildman–Crippen MR) is 38.0 cm³/mol. The van der Waals surface area contributed by atoms with Gasteiger partial charge in [-0.1, -0.05) is 0 Å². The normalized spacial score (nSPS) is 38.5. The second kappa shape index (κ2) is 3.49. The van der Waals surface area contributed by atoms with E-state index in [0.29, 0.717) is 0 Å². The van der Waals surface area contributed by atoms with E-state index in [-0.39, 0.29) is 12.7 Å². The molecule has 1 aliphatic rings. The van der Waals surface area contributed by atoms with Crippen LogP contribution in [0.5, 0.6) is 0 Å². The van der Waals surface area contributed by atoms with Gasteiger partial charge in [-0.2, -0.15) is 0 Å². The number of rotatable bonds is 2. The fraction of sp³-hybridized carbons (Fsp3) is 1.00. The van der Waals surface area contributed by atoms with E-state index in [4.69, 9.17) is 14.6 Å². The van der Waals surface area contributed by atoms with Crippen LogP contribution in [-0.4, -0.2) is 41.4 Å². The topological polar surface area (TPSA) is 58.9 Å². The summed E-state index contributed by atoms with van der Waals surface area (Å²) in [4.78, 5) is 0. The van der Waals surface area contributed by atoms with Crippen molar-refractivity contribution in [3.63, 3.8) is 0 Å². The Morgan fingerprint density at radius 3 is 2.45 bits per heavy atom. The van der Waals surface area contributed by atoms with Crippen LogP contribution in [0.4, 0.5) is 0 Å². The molecule has 0 aromatic heterocycles. The van der Waals surface area contributed by atoms with Crippen molar-refractivity contribution in [2.45, 2.75) is 38.4 Å². The molecule has 4 nitrogen and oxygen atoms in total. The average Bonchev–Trinajstić information content (AvgIpc) is 2.18. The molecule has 0 aromatic rings. The summed E-state index contributed by atoms with van der Waals surface area (Å²) in [5.74, 6) is 0. The molecule has 2 N–H and O–H groups in total. The molecule has 1 fully saturated rings. The highest BCUT2D eigenvalue weighted by atomic mass is 16.7. The van der Waals surface area contributed by atoms with Gasteiger partial charge in [0.15, 0.2) is 6.29 Å². The van der Waals surface area contributed by atoms with Gasteiger partial charge in [0.25, 0.3) is 0 Å². The van der Waals surface area contributed by atoms with Crippen LogP contribution in [0.2, 0.25) is 0 Å². The molecular weight excluding hydrogens is 148 g/mol. The summed E-state index contributed by atoms with van der Waals surface area (Å²) in [5, 5.41) is 18.2. The highest BCUT2D eigenvalue weighted by molar-refractivity contribution is 4.77. The van der Waals surface area contributed by atoms with Gasteiger partial charge in [-0.05, 0) is 13.8 Å². The molecule has 0 aromatic carbocycles. The summed E-state index contributed by atoms with van der Waals surface area (Å²) in [7, 11) is 0. The maximum absolute atomic E-state index is 9.21. The summed E-state index contributed by atoms with van der Waals surface area (Å²) in [6.45, 7) is 3.85.